The maximum atomic E-state index is 14.7. The van der Waals surface area contributed by atoms with Gasteiger partial charge in [-0.15, -0.1) is 11.3 Å². The van der Waals surface area contributed by atoms with Crippen molar-refractivity contribution >= 4 is 34.4 Å². The van der Waals surface area contributed by atoms with Gasteiger partial charge >= 0.3 is 0 Å². The fourth-order valence-corrected chi connectivity index (χ4v) is 4.61. The van der Waals surface area contributed by atoms with Crippen molar-refractivity contribution in [2.75, 3.05) is 29.9 Å². The maximum absolute atomic E-state index is 14.7. The van der Waals surface area contributed by atoms with Crippen LogP contribution in [-0.2, 0) is 0 Å². The quantitative estimate of drug-likeness (QED) is 0.503. The van der Waals surface area contributed by atoms with Gasteiger partial charge in [0.05, 0.1) is 33.0 Å². The highest BCUT2D eigenvalue weighted by molar-refractivity contribution is 7.17. The molecule has 0 atom stereocenters. The van der Waals surface area contributed by atoms with Crippen LogP contribution in [0.25, 0.3) is 10.6 Å². The van der Waals surface area contributed by atoms with E-state index in [-0.39, 0.29) is 17.4 Å². The van der Waals surface area contributed by atoms with Gasteiger partial charge in [0.2, 0.25) is 0 Å². The van der Waals surface area contributed by atoms with Crippen LogP contribution < -0.4 is 16.0 Å². The van der Waals surface area contributed by atoms with Crippen LogP contribution in [0.4, 0.5) is 15.8 Å². The number of carbonyl (C=O) groups excluding carboxylic acids is 2. The minimum Gasteiger partial charge on any atom is -0.367 e. The number of Topliss-reactive ketones (excluding diaryl/α,β-unsaturated/α-hetero) is 1. The minimum atomic E-state index is -0.460. The van der Waals surface area contributed by atoms with Crippen LogP contribution in [0.2, 0.25) is 0 Å². The molecular weight excluding hydrogens is 417 g/mol. The van der Waals surface area contributed by atoms with E-state index in [1.54, 1.807) is 24.4 Å². The van der Waals surface area contributed by atoms with Gasteiger partial charge in [0, 0.05) is 13.1 Å². The van der Waals surface area contributed by atoms with Crippen LogP contribution in [0.1, 0.15) is 40.1 Å². The Morgan fingerprint density at radius 2 is 2.06 bits per heavy atom. The average molecular weight is 442 g/mol. The third kappa shape index (κ3) is 4.52. The standard InChI is InChI=1S/C22H24FN5O2S/c1-13(29)18-5-6-19(31-18)17-12-25-21(26-17)22(30)27-16-4-2-3-15(23)20(16)28-9-7-14(11-24)8-10-28/h2-6,12,14H,7-11,24H2,1H3,(H,25,26)(H,27,30). The largest absolute Gasteiger partial charge is 0.367 e. The molecule has 1 aliphatic heterocycles. The number of thiophene rings is 1. The first kappa shape index (κ1) is 21.2. The molecule has 9 heteroatoms. The molecule has 1 aliphatic rings. The second-order valence-electron chi connectivity index (χ2n) is 7.62. The highest BCUT2D eigenvalue weighted by Gasteiger charge is 2.24. The van der Waals surface area contributed by atoms with Gasteiger partial charge in [-0.2, -0.15) is 0 Å². The Kier molecular flexibility index (Phi) is 6.15. The van der Waals surface area contributed by atoms with E-state index in [9.17, 15) is 14.0 Å². The number of nitrogens with zero attached hydrogens (tertiary/aromatic N) is 2. The van der Waals surface area contributed by atoms with Crippen LogP contribution >= 0.6 is 11.3 Å². The number of rotatable bonds is 6. The Morgan fingerprint density at radius 3 is 2.74 bits per heavy atom. The van der Waals surface area contributed by atoms with Gasteiger partial charge in [0.25, 0.3) is 5.91 Å². The summed E-state index contributed by atoms with van der Waals surface area (Å²) >= 11 is 1.33. The third-order valence-corrected chi connectivity index (χ3v) is 6.73. The Labute approximate surface area is 183 Å². The summed E-state index contributed by atoms with van der Waals surface area (Å²) in [6.07, 6.45) is 3.33. The lowest BCUT2D eigenvalue weighted by Gasteiger charge is -2.34. The summed E-state index contributed by atoms with van der Waals surface area (Å²) in [5.41, 5.74) is 7.20. The summed E-state index contributed by atoms with van der Waals surface area (Å²) in [6, 6.07) is 8.22. The number of hydrogen-bond donors (Lipinski definition) is 3. The Morgan fingerprint density at radius 1 is 1.29 bits per heavy atom. The number of benzene rings is 1. The normalized spacial score (nSPS) is 14.6. The molecule has 0 bridgehead atoms. The number of piperidine rings is 1. The molecule has 4 N–H and O–H groups in total. The number of para-hydroxylation sites is 1. The van der Waals surface area contributed by atoms with E-state index in [1.165, 1.54) is 24.3 Å². The van der Waals surface area contributed by atoms with Crippen molar-refractivity contribution in [1.82, 2.24) is 9.97 Å². The van der Waals surface area contributed by atoms with Gasteiger partial charge in [0.1, 0.15) is 5.82 Å². The fourth-order valence-electron chi connectivity index (χ4n) is 3.75. The average Bonchev–Trinajstić information content (AvgIpc) is 3.44. The van der Waals surface area contributed by atoms with Crippen molar-refractivity contribution in [3.63, 3.8) is 0 Å². The van der Waals surface area contributed by atoms with E-state index in [1.807, 2.05) is 11.0 Å². The van der Waals surface area contributed by atoms with Crippen LogP contribution in [0.5, 0.6) is 0 Å². The molecule has 7 nitrogen and oxygen atoms in total. The predicted molar refractivity (Wildman–Crippen MR) is 120 cm³/mol. The van der Waals surface area contributed by atoms with E-state index in [2.05, 4.69) is 15.3 Å². The number of anilines is 2. The molecule has 162 valence electrons. The number of nitrogens with two attached hydrogens (primary N) is 1. The topological polar surface area (TPSA) is 104 Å². The summed E-state index contributed by atoms with van der Waals surface area (Å²) in [5.74, 6) is -0.283. The van der Waals surface area contributed by atoms with Crippen molar-refractivity contribution in [3.05, 3.63) is 53.0 Å². The first-order valence-electron chi connectivity index (χ1n) is 10.2. The molecule has 0 saturated carbocycles. The second kappa shape index (κ2) is 8.99. The molecule has 1 saturated heterocycles. The first-order chi connectivity index (χ1) is 15.0. The zero-order valence-electron chi connectivity index (χ0n) is 17.2. The monoisotopic (exact) mass is 441 g/mol. The van der Waals surface area contributed by atoms with Crippen LogP contribution in [-0.4, -0.2) is 41.3 Å². The van der Waals surface area contributed by atoms with E-state index in [0.29, 0.717) is 47.5 Å². The van der Waals surface area contributed by atoms with Gasteiger partial charge in [-0.3, -0.25) is 9.59 Å². The fraction of sp³-hybridized carbons (Fsp3) is 0.318. The lowest BCUT2D eigenvalue weighted by Crippen LogP contribution is -2.37. The number of ketones is 1. The summed E-state index contributed by atoms with van der Waals surface area (Å²) in [4.78, 5) is 34.9. The maximum Gasteiger partial charge on any atom is 0.291 e. The smallest absolute Gasteiger partial charge is 0.291 e. The number of halogens is 1. The van der Waals surface area contributed by atoms with Gasteiger partial charge in [0.15, 0.2) is 11.6 Å². The number of nitrogens with one attached hydrogen (secondary N) is 2. The van der Waals surface area contributed by atoms with Gasteiger partial charge in [-0.25, -0.2) is 9.37 Å². The molecule has 4 rings (SSSR count). The molecule has 0 unspecified atom stereocenters. The van der Waals surface area contributed by atoms with Gasteiger partial charge in [-0.05, 0) is 56.5 Å². The van der Waals surface area contributed by atoms with Crippen molar-refractivity contribution in [3.8, 4) is 10.6 Å². The number of amides is 1. The molecule has 31 heavy (non-hydrogen) atoms. The van der Waals surface area contributed by atoms with Gasteiger partial charge < -0.3 is 20.9 Å². The first-order valence-corrected chi connectivity index (χ1v) is 11.0. The highest BCUT2D eigenvalue weighted by atomic mass is 32.1. The molecule has 0 spiro atoms. The molecule has 3 heterocycles. The van der Waals surface area contributed by atoms with E-state index in [0.717, 1.165) is 17.7 Å². The summed E-state index contributed by atoms with van der Waals surface area (Å²) in [7, 11) is 0. The van der Waals surface area contributed by atoms with E-state index < -0.39 is 5.91 Å². The van der Waals surface area contributed by atoms with Crippen LogP contribution in [0.3, 0.4) is 0 Å². The summed E-state index contributed by atoms with van der Waals surface area (Å²) < 4.78 is 14.7. The number of H-pyrrole nitrogens is 1. The van der Waals surface area contributed by atoms with Crippen molar-refractivity contribution < 1.29 is 14.0 Å². The molecule has 0 aliphatic carbocycles. The Hall–Kier alpha value is -3.04. The number of carbonyl (C=O) groups is 2. The summed E-state index contributed by atoms with van der Waals surface area (Å²) in [6.45, 7) is 3.52. The molecule has 1 aromatic carbocycles. The number of hydrogen-bond acceptors (Lipinski definition) is 6. The second-order valence-corrected chi connectivity index (χ2v) is 8.71. The summed E-state index contributed by atoms with van der Waals surface area (Å²) in [5, 5.41) is 2.79. The number of imidazole rings is 1. The SMILES string of the molecule is CC(=O)c1ccc(-c2cnc(C(=O)Nc3cccc(F)c3N3CCC(CN)CC3)[nH]2)s1. The van der Waals surface area contributed by atoms with Crippen LogP contribution in [0, 0.1) is 11.7 Å². The highest BCUT2D eigenvalue weighted by Crippen LogP contribution is 2.33. The van der Waals surface area contributed by atoms with Crippen molar-refractivity contribution in [2.24, 2.45) is 11.7 Å². The lowest BCUT2D eigenvalue weighted by molar-refractivity contribution is 0.101. The third-order valence-electron chi connectivity index (χ3n) is 5.51. The zero-order chi connectivity index (χ0) is 22.0. The number of aromatic nitrogens is 2. The molecule has 0 radical (unpaired) electrons. The lowest BCUT2D eigenvalue weighted by atomic mass is 9.96. The Bertz CT molecular complexity index is 1100. The van der Waals surface area contributed by atoms with Crippen molar-refractivity contribution in [2.45, 2.75) is 19.8 Å². The van der Waals surface area contributed by atoms with E-state index >= 15 is 0 Å². The minimum absolute atomic E-state index is 0.0112. The molecule has 1 fully saturated rings. The van der Waals surface area contributed by atoms with Crippen LogP contribution in [0.15, 0.2) is 36.5 Å². The molecule has 1 amide bonds. The molecular formula is C22H24FN5O2S. The Balaban J connectivity index is 1.52. The van der Waals surface area contributed by atoms with Gasteiger partial charge in [-0.1, -0.05) is 6.07 Å². The zero-order valence-corrected chi connectivity index (χ0v) is 18.0. The molecule has 2 aromatic heterocycles. The number of aromatic amines is 1. The molecule has 3 aromatic rings. The van der Waals surface area contributed by atoms with E-state index in [4.69, 9.17) is 5.73 Å². The van der Waals surface area contributed by atoms with Crippen molar-refractivity contribution in [1.29, 1.82) is 0 Å². The predicted octanol–water partition coefficient (Wildman–Crippen LogP) is 3.91.